The zero-order valence-corrected chi connectivity index (χ0v) is 17.5. The quantitative estimate of drug-likeness (QED) is 0.629. The Labute approximate surface area is 177 Å². The summed E-state index contributed by atoms with van der Waals surface area (Å²) < 4.78 is 5.65. The average Bonchev–Trinajstić information content (AvgIpc) is 2.73. The second-order valence-corrected chi connectivity index (χ2v) is 7.30. The van der Waals surface area contributed by atoms with Crippen LogP contribution in [0.5, 0.6) is 5.75 Å². The lowest BCUT2D eigenvalue weighted by Gasteiger charge is -2.19. The van der Waals surface area contributed by atoms with E-state index in [9.17, 15) is 9.59 Å². The summed E-state index contributed by atoms with van der Waals surface area (Å²) in [6.45, 7) is 4.30. The predicted octanol–water partition coefficient (Wildman–Crippen LogP) is 4.59. The van der Waals surface area contributed by atoms with E-state index >= 15 is 0 Å². The fourth-order valence-electron chi connectivity index (χ4n) is 3.20. The van der Waals surface area contributed by atoms with E-state index in [0.29, 0.717) is 23.5 Å². The smallest absolute Gasteiger partial charge is 0.262 e. The number of carbonyl (C=O) groups excluding carboxylic acids is 2. The van der Waals surface area contributed by atoms with Crippen LogP contribution in [0.2, 0.25) is 0 Å². The maximum absolute atomic E-state index is 13.0. The zero-order valence-electron chi connectivity index (χ0n) is 17.5. The first-order chi connectivity index (χ1) is 14.4. The van der Waals surface area contributed by atoms with E-state index in [1.165, 1.54) is 0 Å². The molecule has 0 bridgehead atoms. The lowest BCUT2D eigenvalue weighted by atomic mass is 10.1. The highest BCUT2D eigenvalue weighted by atomic mass is 16.5. The molecule has 0 aliphatic carbocycles. The molecule has 0 aliphatic rings. The molecule has 2 amide bonds. The number of hydrogen-bond acceptors (Lipinski definition) is 3. The van der Waals surface area contributed by atoms with E-state index in [4.69, 9.17) is 4.74 Å². The summed E-state index contributed by atoms with van der Waals surface area (Å²) in [4.78, 5) is 27.0. The van der Waals surface area contributed by atoms with Gasteiger partial charge in [-0.2, -0.15) is 0 Å². The maximum atomic E-state index is 13.0. The van der Waals surface area contributed by atoms with Gasteiger partial charge in [0.25, 0.3) is 11.8 Å². The van der Waals surface area contributed by atoms with Gasteiger partial charge in [-0.3, -0.25) is 9.59 Å². The Morgan fingerprint density at radius 1 is 0.933 bits per heavy atom. The van der Waals surface area contributed by atoms with Gasteiger partial charge in [-0.25, -0.2) is 0 Å². The Bertz CT molecular complexity index is 1030. The Morgan fingerprint density at radius 2 is 1.63 bits per heavy atom. The summed E-state index contributed by atoms with van der Waals surface area (Å²) in [5, 5.41) is 2.80. The van der Waals surface area contributed by atoms with Gasteiger partial charge in [0.05, 0.1) is 11.3 Å². The van der Waals surface area contributed by atoms with Crippen LogP contribution in [-0.4, -0.2) is 30.4 Å². The van der Waals surface area contributed by atoms with Crippen LogP contribution >= 0.6 is 0 Å². The van der Waals surface area contributed by atoms with Crippen molar-refractivity contribution in [3.8, 4) is 5.75 Å². The first kappa shape index (κ1) is 21.1. The lowest BCUT2D eigenvalue weighted by Crippen LogP contribution is -2.28. The van der Waals surface area contributed by atoms with Gasteiger partial charge >= 0.3 is 0 Å². The minimum absolute atomic E-state index is 0.133. The Hall–Kier alpha value is -3.60. The molecule has 0 fully saturated rings. The number of rotatable bonds is 7. The molecule has 0 spiro atoms. The molecule has 5 heteroatoms. The van der Waals surface area contributed by atoms with Crippen LogP contribution in [-0.2, 0) is 11.3 Å². The van der Waals surface area contributed by atoms with Crippen LogP contribution < -0.4 is 10.1 Å². The maximum Gasteiger partial charge on any atom is 0.262 e. The zero-order chi connectivity index (χ0) is 21.5. The molecule has 0 saturated heterocycles. The number of benzene rings is 3. The van der Waals surface area contributed by atoms with Gasteiger partial charge in [0, 0.05) is 13.6 Å². The van der Waals surface area contributed by atoms with Crippen LogP contribution in [0.15, 0.2) is 72.8 Å². The van der Waals surface area contributed by atoms with Crippen molar-refractivity contribution in [2.24, 2.45) is 0 Å². The summed E-state index contributed by atoms with van der Waals surface area (Å²) in [5.41, 5.74) is 4.06. The van der Waals surface area contributed by atoms with E-state index in [-0.39, 0.29) is 18.4 Å². The highest BCUT2D eigenvalue weighted by Gasteiger charge is 2.17. The van der Waals surface area contributed by atoms with Gasteiger partial charge in [-0.05, 0) is 43.2 Å². The van der Waals surface area contributed by atoms with E-state index < -0.39 is 0 Å². The van der Waals surface area contributed by atoms with Crippen LogP contribution in [0, 0.1) is 13.8 Å². The van der Waals surface area contributed by atoms with Crippen LogP contribution in [0.4, 0.5) is 5.69 Å². The number of nitrogens with zero attached hydrogens (tertiary/aromatic N) is 1. The van der Waals surface area contributed by atoms with E-state index in [2.05, 4.69) is 5.32 Å². The number of anilines is 1. The van der Waals surface area contributed by atoms with Crippen molar-refractivity contribution in [3.05, 3.63) is 95.1 Å². The summed E-state index contributed by atoms with van der Waals surface area (Å²) in [6, 6.07) is 22.6. The number of aryl methyl sites for hydroxylation is 2. The first-order valence-electron chi connectivity index (χ1n) is 9.82. The molecular formula is C25H26N2O3. The largest absolute Gasteiger partial charge is 0.483 e. The Morgan fingerprint density at radius 3 is 2.37 bits per heavy atom. The van der Waals surface area contributed by atoms with Crippen molar-refractivity contribution in [2.75, 3.05) is 19.0 Å². The molecule has 0 radical (unpaired) electrons. The molecule has 3 aromatic carbocycles. The third-order valence-corrected chi connectivity index (χ3v) is 4.73. The number of nitrogens with one attached hydrogen (secondary N) is 1. The highest BCUT2D eigenvalue weighted by Crippen LogP contribution is 2.20. The molecule has 0 unspecified atom stereocenters. The normalized spacial score (nSPS) is 10.4. The van der Waals surface area contributed by atoms with Crippen molar-refractivity contribution in [3.63, 3.8) is 0 Å². The summed E-state index contributed by atoms with van der Waals surface area (Å²) in [6.07, 6.45) is 0. The van der Waals surface area contributed by atoms with Gasteiger partial charge < -0.3 is 15.0 Å². The molecule has 5 nitrogen and oxygen atoms in total. The molecule has 3 aromatic rings. The predicted molar refractivity (Wildman–Crippen MR) is 119 cm³/mol. The van der Waals surface area contributed by atoms with Crippen molar-refractivity contribution in [1.82, 2.24) is 4.90 Å². The summed E-state index contributed by atoms with van der Waals surface area (Å²) in [5.74, 6) is 0.189. The third-order valence-electron chi connectivity index (χ3n) is 4.73. The fraction of sp³-hybridized carbons (Fsp3) is 0.200. The molecule has 154 valence electrons. The first-order valence-corrected chi connectivity index (χ1v) is 9.82. The SMILES string of the molecule is Cc1ccc(OCC(=O)Nc2ccccc2C(=O)N(C)Cc2ccccc2)c(C)c1. The highest BCUT2D eigenvalue weighted by molar-refractivity contribution is 6.03. The van der Waals surface area contributed by atoms with Crippen LogP contribution in [0.1, 0.15) is 27.0 Å². The molecule has 3 rings (SSSR count). The van der Waals surface area contributed by atoms with Gasteiger partial charge in [-0.15, -0.1) is 0 Å². The van der Waals surface area contributed by atoms with Crippen LogP contribution in [0.25, 0.3) is 0 Å². The molecule has 0 heterocycles. The molecular weight excluding hydrogens is 376 g/mol. The van der Waals surface area contributed by atoms with Crippen molar-refractivity contribution >= 4 is 17.5 Å². The van der Waals surface area contributed by atoms with Crippen molar-refractivity contribution in [1.29, 1.82) is 0 Å². The molecule has 0 aliphatic heterocycles. The molecule has 30 heavy (non-hydrogen) atoms. The minimum Gasteiger partial charge on any atom is -0.483 e. The van der Waals surface area contributed by atoms with Crippen molar-refractivity contribution < 1.29 is 14.3 Å². The summed E-state index contributed by atoms with van der Waals surface area (Å²) in [7, 11) is 1.75. The van der Waals surface area contributed by atoms with E-state index in [1.54, 1.807) is 36.2 Å². The van der Waals surface area contributed by atoms with Gasteiger partial charge in [-0.1, -0.05) is 60.2 Å². The number of carbonyl (C=O) groups is 2. The standard InChI is InChI=1S/C25H26N2O3/c1-18-13-14-23(19(2)15-18)30-17-24(28)26-22-12-8-7-11-21(22)25(29)27(3)16-20-9-5-4-6-10-20/h4-15H,16-17H2,1-3H3,(H,26,28). The second kappa shape index (κ2) is 9.74. The second-order valence-electron chi connectivity index (χ2n) is 7.30. The van der Waals surface area contributed by atoms with Gasteiger partial charge in [0.1, 0.15) is 5.75 Å². The Balaban J connectivity index is 1.65. The lowest BCUT2D eigenvalue weighted by molar-refractivity contribution is -0.118. The Kier molecular flexibility index (Phi) is 6.86. The van der Waals surface area contributed by atoms with Crippen molar-refractivity contribution in [2.45, 2.75) is 20.4 Å². The topological polar surface area (TPSA) is 58.6 Å². The molecule has 0 saturated carbocycles. The number of hydrogen-bond donors (Lipinski definition) is 1. The monoisotopic (exact) mass is 402 g/mol. The number of para-hydroxylation sites is 1. The van der Waals surface area contributed by atoms with E-state index in [0.717, 1.165) is 16.7 Å². The number of ether oxygens (including phenoxy) is 1. The molecule has 1 N–H and O–H groups in total. The fourth-order valence-corrected chi connectivity index (χ4v) is 3.20. The average molecular weight is 402 g/mol. The molecule has 0 aromatic heterocycles. The number of amides is 2. The summed E-state index contributed by atoms with van der Waals surface area (Å²) >= 11 is 0. The third kappa shape index (κ3) is 5.47. The molecule has 0 atom stereocenters. The minimum atomic E-state index is -0.319. The van der Waals surface area contributed by atoms with Gasteiger partial charge in [0.15, 0.2) is 6.61 Å². The van der Waals surface area contributed by atoms with Crippen LogP contribution in [0.3, 0.4) is 0 Å². The van der Waals surface area contributed by atoms with E-state index in [1.807, 2.05) is 62.4 Å². The van der Waals surface area contributed by atoms with Gasteiger partial charge in [0.2, 0.25) is 0 Å².